The lowest BCUT2D eigenvalue weighted by molar-refractivity contribution is 0.114. The molecule has 0 atom stereocenters. The highest BCUT2D eigenvalue weighted by atomic mass is 16.5. The second kappa shape index (κ2) is 5.95. The van der Waals surface area contributed by atoms with Gasteiger partial charge < -0.3 is 9.47 Å². The molecule has 1 aromatic rings. The quantitative estimate of drug-likeness (QED) is 0.674. The van der Waals surface area contributed by atoms with Gasteiger partial charge in [0.2, 0.25) is 0 Å². The lowest BCUT2D eigenvalue weighted by Crippen LogP contribution is -2.30. The van der Waals surface area contributed by atoms with Crippen LogP contribution in [0.15, 0.2) is 24.3 Å². The standard InChI is InChI=1S/C13H18O2.C2H6/c1-13(2,3)10-8-14-11-6-4-5-7-12(11)15-9-10;1-2/h4-7,10H,8-9H2,1-3H3;1-2H3. The van der Waals surface area contributed by atoms with E-state index >= 15 is 0 Å². The molecular formula is C15H24O2. The maximum Gasteiger partial charge on any atom is 0.161 e. The monoisotopic (exact) mass is 236 g/mol. The van der Waals surface area contributed by atoms with Crippen LogP contribution in [0, 0.1) is 11.3 Å². The summed E-state index contributed by atoms with van der Waals surface area (Å²) in [6.45, 7) is 12.1. The zero-order valence-electron chi connectivity index (χ0n) is 11.6. The van der Waals surface area contributed by atoms with Crippen LogP contribution in [0.3, 0.4) is 0 Å². The van der Waals surface area contributed by atoms with Crippen LogP contribution in [0.4, 0.5) is 0 Å². The first-order chi connectivity index (χ1) is 8.07. The van der Waals surface area contributed by atoms with Crippen molar-refractivity contribution in [2.75, 3.05) is 13.2 Å². The van der Waals surface area contributed by atoms with Crippen LogP contribution in [0.5, 0.6) is 11.5 Å². The van der Waals surface area contributed by atoms with Crippen molar-refractivity contribution in [3.8, 4) is 11.5 Å². The first-order valence-corrected chi connectivity index (χ1v) is 6.42. The topological polar surface area (TPSA) is 18.5 Å². The molecule has 1 aliphatic rings. The van der Waals surface area contributed by atoms with Crippen LogP contribution in [0.2, 0.25) is 0 Å². The van der Waals surface area contributed by atoms with Gasteiger partial charge in [0.1, 0.15) is 0 Å². The first-order valence-electron chi connectivity index (χ1n) is 6.42. The summed E-state index contributed by atoms with van der Waals surface area (Å²) >= 11 is 0. The molecule has 0 fully saturated rings. The van der Waals surface area contributed by atoms with E-state index in [1.54, 1.807) is 0 Å². The van der Waals surface area contributed by atoms with Crippen molar-refractivity contribution in [1.82, 2.24) is 0 Å². The fraction of sp³-hybridized carbons (Fsp3) is 0.600. The van der Waals surface area contributed by atoms with Gasteiger partial charge in [0.15, 0.2) is 11.5 Å². The highest BCUT2D eigenvalue weighted by Crippen LogP contribution is 2.34. The Labute approximate surface area is 105 Å². The van der Waals surface area contributed by atoms with Crippen molar-refractivity contribution in [2.45, 2.75) is 34.6 Å². The molecule has 0 N–H and O–H groups in total. The van der Waals surface area contributed by atoms with Gasteiger partial charge in [0.05, 0.1) is 13.2 Å². The molecule has 96 valence electrons. The highest BCUT2D eigenvalue weighted by Gasteiger charge is 2.28. The Morgan fingerprint density at radius 2 is 1.35 bits per heavy atom. The third-order valence-corrected chi connectivity index (χ3v) is 2.95. The summed E-state index contributed by atoms with van der Waals surface area (Å²) in [6, 6.07) is 7.86. The lowest BCUT2D eigenvalue weighted by Gasteiger charge is -2.28. The van der Waals surface area contributed by atoms with Gasteiger partial charge in [-0.3, -0.25) is 0 Å². The Morgan fingerprint density at radius 1 is 0.941 bits per heavy atom. The number of rotatable bonds is 0. The fourth-order valence-electron chi connectivity index (χ4n) is 1.62. The minimum Gasteiger partial charge on any atom is -0.489 e. The van der Waals surface area contributed by atoms with Crippen molar-refractivity contribution < 1.29 is 9.47 Å². The number of fused-ring (bicyclic) bond motifs is 1. The Bertz CT molecular complexity index is 312. The molecule has 0 bridgehead atoms. The SMILES string of the molecule is CC.CC(C)(C)C1COc2ccccc2OC1. The van der Waals surface area contributed by atoms with E-state index < -0.39 is 0 Å². The van der Waals surface area contributed by atoms with Crippen molar-refractivity contribution in [3.05, 3.63) is 24.3 Å². The molecule has 0 saturated carbocycles. The molecule has 0 aliphatic carbocycles. The molecule has 2 heteroatoms. The third kappa shape index (κ3) is 3.65. The molecule has 0 amide bonds. The van der Waals surface area contributed by atoms with E-state index in [1.807, 2.05) is 38.1 Å². The number of hydrogen-bond acceptors (Lipinski definition) is 2. The summed E-state index contributed by atoms with van der Waals surface area (Å²) in [5.41, 5.74) is 0.224. The van der Waals surface area contributed by atoms with Gasteiger partial charge in [0.25, 0.3) is 0 Å². The maximum atomic E-state index is 5.76. The molecule has 2 rings (SSSR count). The molecule has 17 heavy (non-hydrogen) atoms. The molecule has 1 heterocycles. The van der Waals surface area contributed by atoms with Crippen LogP contribution in [-0.2, 0) is 0 Å². The highest BCUT2D eigenvalue weighted by molar-refractivity contribution is 5.39. The maximum absolute atomic E-state index is 5.76. The predicted octanol–water partition coefficient (Wildman–Crippen LogP) is 4.15. The van der Waals surface area contributed by atoms with Crippen molar-refractivity contribution in [1.29, 1.82) is 0 Å². The summed E-state index contributed by atoms with van der Waals surface area (Å²) in [4.78, 5) is 0. The van der Waals surface area contributed by atoms with E-state index in [0.717, 1.165) is 24.7 Å². The molecule has 0 radical (unpaired) electrons. The van der Waals surface area contributed by atoms with Gasteiger partial charge in [-0.25, -0.2) is 0 Å². The van der Waals surface area contributed by atoms with Crippen LogP contribution in [-0.4, -0.2) is 13.2 Å². The average Bonchev–Trinajstić information content (AvgIpc) is 2.53. The van der Waals surface area contributed by atoms with Crippen LogP contribution in [0.25, 0.3) is 0 Å². The van der Waals surface area contributed by atoms with Crippen LogP contribution >= 0.6 is 0 Å². The van der Waals surface area contributed by atoms with Crippen LogP contribution in [0.1, 0.15) is 34.6 Å². The molecule has 0 spiro atoms. The second-order valence-electron chi connectivity index (χ2n) is 5.13. The smallest absolute Gasteiger partial charge is 0.161 e. The summed E-state index contributed by atoms with van der Waals surface area (Å²) in [7, 11) is 0. The minimum atomic E-state index is 0.224. The van der Waals surface area contributed by atoms with Crippen LogP contribution < -0.4 is 9.47 Å². The molecule has 0 aromatic heterocycles. The van der Waals surface area contributed by atoms with E-state index in [4.69, 9.17) is 9.47 Å². The minimum absolute atomic E-state index is 0.224. The number of benzene rings is 1. The van der Waals surface area contributed by atoms with E-state index in [0.29, 0.717) is 5.92 Å². The van der Waals surface area contributed by atoms with Gasteiger partial charge in [-0.1, -0.05) is 46.8 Å². The van der Waals surface area contributed by atoms with Gasteiger partial charge in [0, 0.05) is 5.92 Å². The number of para-hydroxylation sites is 2. The summed E-state index contributed by atoms with van der Waals surface area (Å²) in [6.07, 6.45) is 0. The summed E-state index contributed by atoms with van der Waals surface area (Å²) < 4.78 is 11.5. The molecular weight excluding hydrogens is 212 g/mol. The molecule has 1 aliphatic heterocycles. The van der Waals surface area contributed by atoms with E-state index in [-0.39, 0.29) is 5.41 Å². The van der Waals surface area contributed by atoms with Crippen molar-refractivity contribution >= 4 is 0 Å². The predicted molar refractivity (Wildman–Crippen MR) is 71.7 cm³/mol. The molecule has 1 aromatic carbocycles. The average molecular weight is 236 g/mol. The molecule has 2 nitrogen and oxygen atoms in total. The second-order valence-corrected chi connectivity index (χ2v) is 5.13. The van der Waals surface area contributed by atoms with E-state index in [2.05, 4.69) is 20.8 Å². The third-order valence-electron chi connectivity index (χ3n) is 2.95. The zero-order valence-corrected chi connectivity index (χ0v) is 11.6. The first kappa shape index (κ1) is 13.9. The van der Waals surface area contributed by atoms with Gasteiger partial charge >= 0.3 is 0 Å². The Balaban J connectivity index is 0.000000686. The number of hydrogen-bond donors (Lipinski definition) is 0. The van der Waals surface area contributed by atoms with Gasteiger partial charge in [-0.15, -0.1) is 0 Å². The Hall–Kier alpha value is -1.18. The Morgan fingerprint density at radius 3 is 1.71 bits per heavy atom. The normalized spacial score (nSPS) is 15.6. The van der Waals surface area contributed by atoms with Crippen molar-refractivity contribution in [2.24, 2.45) is 11.3 Å². The summed E-state index contributed by atoms with van der Waals surface area (Å²) in [5, 5.41) is 0. The van der Waals surface area contributed by atoms with Gasteiger partial charge in [-0.2, -0.15) is 0 Å². The lowest BCUT2D eigenvalue weighted by atomic mass is 9.82. The molecule has 0 saturated heterocycles. The molecule has 0 unspecified atom stereocenters. The zero-order chi connectivity index (χ0) is 12.9. The summed E-state index contributed by atoms with van der Waals surface area (Å²) in [5.74, 6) is 2.17. The largest absolute Gasteiger partial charge is 0.489 e. The fourth-order valence-corrected chi connectivity index (χ4v) is 1.62. The van der Waals surface area contributed by atoms with E-state index in [1.165, 1.54) is 0 Å². The number of ether oxygens (including phenoxy) is 2. The van der Waals surface area contributed by atoms with Gasteiger partial charge in [-0.05, 0) is 17.5 Å². The van der Waals surface area contributed by atoms with E-state index in [9.17, 15) is 0 Å². The Kier molecular flexibility index (Phi) is 4.86. The van der Waals surface area contributed by atoms with Crippen molar-refractivity contribution in [3.63, 3.8) is 0 Å².